The summed E-state index contributed by atoms with van der Waals surface area (Å²) in [4.78, 5) is 22.3. The zero-order chi connectivity index (χ0) is 17.7. The molecule has 7 nitrogen and oxygen atoms in total. The van der Waals surface area contributed by atoms with E-state index in [9.17, 15) is 23.3 Å². The van der Waals surface area contributed by atoms with Crippen LogP contribution in [0.2, 0.25) is 0 Å². The molecule has 126 valence electrons. The summed E-state index contributed by atoms with van der Waals surface area (Å²) in [6, 6.07) is 11.7. The quantitative estimate of drug-likeness (QED) is 0.638. The fraction of sp³-hybridized carbons (Fsp3) is 0.188. The molecule has 0 aliphatic heterocycles. The van der Waals surface area contributed by atoms with Crippen LogP contribution >= 0.6 is 0 Å². The van der Waals surface area contributed by atoms with Crippen LogP contribution in [0.15, 0.2) is 53.4 Å². The van der Waals surface area contributed by atoms with Gasteiger partial charge in [-0.3, -0.25) is 14.9 Å². The Morgan fingerprint density at radius 1 is 1.08 bits per heavy atom. The van der Waals surface area contributed by atoms with Crippen molar-refractivity contribution in [2.75, 3.05) is 11.1 Å². The topological polar surface area (TPSA) is 106 Å². The first kappa shape index (κ1) is 17.6. The molecule has 0 spiro atoms. The van der Waals surface area contributed by atoms with E-state index in [-0.39, 0.29) is 28.7 Å². The molecule has 0 aromatic heterocycles. The largest absolute Gasteiger partial charge is 0.326 e. The monoisotopic (exact) mass is 348 g/mol. The number of sulfone groups is 1. The average molecular weight is 348 g/mol. The Labute approximate surface area is 139 Å². The fourth-order valence-corrected chi connectivity index (χ4v) is 2.92. The van der Waals surface area contributed by atoms with E-state index in [1.54, 1.807) is 19.1 Å². The van der Waals surface area contributed by atoms with E-state index in [1.165, 1.54) is 36.4 Å². The van der Waals surface area contributed by atoms with Crippen molar-refractivity contribution in [1.29, 1.82) is 0 Å². The van der Waals surface area contributed by atoms with E-state index in [4.69, 9.17) is 0 Å². The molecule has 0 atom stereocenters. The second kappa shape index (κ2) is 7.22. The smallest absolute Gasteiger partial charge is 0.269 e. The molecule has 2 rings (SSSR count). The van der Waals surface area contributed by atoms with Gasteiger partial charge in [-0.25, -0.2) is 8.42 Å². The zero-order valence-corrected chi connectivity index (χ0v) is 13.7. The molecule has 0 aliphatic carbocycles. The normalized spacial score (nSPS) is 11.0. The number of nitrogens with one attached hydrogen (secondary N) is 1. The molecular formula is C16H16N2O5S. The number of nitrogens with zero attached hydrogens (tertiary/aromatic N) is 1. The lowest BCUT2D eigenvalue weighted by Gasteiger charge is -2.06. The number of benzene rings is 2. The molecule has 24 heavy (non-hydrogen) atoms. The van der Waals surface area contributed by atoms with Gasteiger partial charge in [-0.15, -0.1) is 0 Å². The summed E-state index contributed by atoms with van der Waals surface area (Å²) in [5.41, 5.74) is 1.07. The Morgan fingerprint density at radius 2 is 1.67 bits per heavy atom. The van der Waals surface area contributed by atoms with Crippen LogP contribution in [0.1, 0.15) is 12.5 Å². The third kappa shape index (κ3) is 4.39. The number of hydrogen-bond acceptors (Lipinski definition) is 5. The molecule has 1 amide bonds. The minimum Gasteiger partial charge on any atom is -0.326 e. The van der Waals surface area contributed by atoms with Gasteiger partial charge in [0.1, 0.15) is 0 Å². The molecule has 0 saturated carbocycles. The number of nitro groups is 1. The minimum absolute atomic E-state index is 0.0208. The van der Waals surface area contributed by atoms with Crippen LogP contribution in [0.25, 0.3) is 0 Å². The van der Waals surface area contributed by atoms with E-state index in [2.05, 4.69) is 5.32 Å². The van der Waals surface area contributed by atoms with Crippen molar-refractivity contribution in [1.82, 2.24) is 0 Å². The first-order valence-electron chi connectivity index (χ1n) is 7.18. The summed E-state index contributed by atoms with van der Waals surface area (Å²) in [6.45, 7) is 1.57. The summed E-state index contributed by atoms with van der Waals surface area (Å²) >= 11 is 0. The van der Waals surface area contributed by atoms with Gasteiger partial charge >= 0.3 is 0 Å². The van der Waals surface area contributed by atoms with Gasteiger partial charge in [-0.2, -0.15) is 0 Å². The highest BCUT2D eigenvalue weighted by atomic mass is 32.2. The molecule has 2 aromatic carbocycles. The number of amides is 1. The molecule has 8 heteroatoms. The molecule has 0 unspecified atom stereocenters. The van der Waals surface area contributed by atoms with Gasteiger partial charge in [-0.05, 0) is 29.8 Å². The summed E-state index contributed by atoms with van der Waals surface area (Å²) in [7, 11) is -3.26. The number of rotatable bonds is 6. The third-order valence-corrected chi connectivity index (χ3v) is 5.14. The maximum atomic E-state index is 12.0. The molecule has 0 bridgehead atoms. The SMILES string of the molecule is CCS(=O)(=O)c1ccc(CC(=O)Nc2ccc([N+](=O)[O-])cc2)cc1. The van der Waals surface area contributed by atoms with Crippen LogP contribution in [0.3, 0.4) is 0 Å². The summed E-state index contributed by atoms with van der Waals surface area (Å²) in [5.74, 6) is -0.276. The van der Waals surface area contributed by atoms with Crippen molar-refractivity contribution < 1.29 is 18.1 Å². The predicted octanol–water partition coefficient (Wildman–Crippen LogP) is 2.57. The van der Waals surface area contributed by atoms with E-state index >= 15 is 0 Å². The predicted molar refractivity (Wildman–Crippen MR) is 89.6 cm³/mol. The summed E-state index contributed by atoms with van der Waals surface area (Å²) in [5, 5.41) is 13.2. The van der Waals surface area contributed by atoms with Crippen LogP contribution in [-0.2, 0) is 21.1 Å². The van der Waals surface area contributed by atoms with Crippen LogP contribution in [0, 0.1) is 10.1 Å². The van der Waals surface area contributed by atoms with E-state index in [1.807, 2.05) is 0 Å². The van der Waals surface area contributed by atoms with E-state index < -0.39 is 14.8 Å². The van der Waals surface area contributed by atoms with Crippen molar-refractivity contribution >= 4 is 27.1 Å². The van der Waals surface area contributed by atoms with Gasteiger partial charge in [0.25, 0.3) is 5.69 Å². The number of anilines is 1. The molecule has 0 fully saturated rings. The van der Waals surface area contributed by atoms with Crippen LogP contribution in [0.5, 0.6) is 0 Å². The maximum absolute atomic E-state index is 12.0. The Balaban J connectivity index is 2.00. The van der Waals surface area contributed by atoms with E-state index in [0.717, 1.165) is 0 Å². The fourth-order valence-electron chi connectivity index (χ4n) is 2.04. The van der Waals surface area contributed by atoms with E-state index in [0.29, 0.717) is 11.3 Å². The first-order valence-corrected chi connectivity index (χ1v) is 8.83. The Morgan fingerprint density at radius 3 is 2.17 bits per heavy atom. The van der Waals surface area contributed by atoms with Crippen LogP contribution < -0.4 is 5.32 Å². The van der Waals surface area contributed by atoms with Crippen molar-refractivity contribution in [2.24, 2.45) is 0 Å². The lowest BCUT2D eigenvalue weighted by atomic mass is 10.1. The Bertz CT molecular complexity index is 843. The van der Waals surface area contributed by atoms with Crippen molar-refractivity contribution in [3.05, 3.63) is 64.2 Å². The minimum atomic E-state index is -3.26. The first-order chi connectivity index (χ1) is 11.3. The molecular weight excluding hydrogens is 332 g/mol. The number of carbonyl (C=O) groups is 1. The number of nitro benzene ring substituents is 1. The average Bonchev–Trinajstić information content (AvgIpc) is 2.55. The molecule has 2 aromatic rings. The second-order valence-corrected chi connectivity index (χ2v) is 7.35. The number of carbonyl (C=O) groups excluding carboxylic acids is 1. The molecule has 0 saturated heterocycles. The highest BCUT2D eigenvalue weighted by Crippen LogP contribution is 2.16. The maximum Gasteiger partial charge on any atom is 0.269 e. The van der Waals surface area contributed by atoms with Gasteiger partial charge in [-0.1, -0.05) is 19.1 Å². The molecule has 0 heterocycles. The molecule has 0 aliphatic rings. The van der Waals surface area contributed by atoms with Gasteiger partial charge in [0.15, 0.2) is 9.84 Å². The van der Waals surface area contributed by atoms with Crippen LogP contribution in [-0.4, -0.2) is 25.0 Å². The highest BCUT2D eigenvalue weighted by Gasteiger charge is 2.12. The Hall–Kier alpha value is -2.74. The molecule has 0 radical (unpaired) electrons. The number of non-ortho nitro benzene ring substituents is 1. The lowest BCUT2D eigenvalue weighted by molar-refractivity contribution is -0.384. The molecule has 1 N–H and O–H groups in total. The summed E-state index contributed by atoms with van der Waals surface area (Å²) in [6.07, 6.45) is 0.0729. The van der Waals surface area contributed by atoms with Gasteiger partial charge in [0, 0.05) is 17.8 Å². The van der Waals surface area contributed by atoms with Crippen molar-refractivity contribution in [3.63, 3.8) is 0 Å². The van der Waals surface area contributed by atoms with Crippen molar-refractivity contribution in [3.8, 4) is 0 Å². The second-order valence-electron chi connectivity index (χ2n) is 5.08. The van der Waals surface area contributed by atoms with Crippen molar-refractivity contribution in [2.45, 2.75) is 18.2 Å². The Kier molecular flexibility index (Phi) is 5.30. The lowest BCUT2D eigenvalue weighted by Crippen LogP contribution is -2.14. The van der Waals surface area contributed by atoms with Gasteiger partial charge < -0.3 is 5.32 Å². The third-order valence-electron chi connectivity index (χ3n) is 3.39. The summed E-state index contributed by atoms with van der Waals surface area (Å²) < 4.78 is 23.4. The number of hydrogen-bond donors (Lipinski definition) is 1. The standard InChI is InChI=1S/C16H16N2O5S/c1-2-24(22,23)15-9-3-12(4-10-15)11-16(19)17-13-5-7-14(8-6-13)18(20)21/h3-10H,2,11H2,1H3,(H,17,19). The highest BCUT2D eigenvalue weighted by molar-refractivity contribution is 7.91. The zero-order valence-electron chi connectivity index (χ0n) is 12.9. The van der Waals surface area contributed by atoms with Gasteiger partial charge in [0.05, 0.1) is 22.0 Å². The van der Waals surface area contributed by atoms with Gasteiger partial charge in [0.2, 0.25) is 5.91 Å². The van der Waals surface area contributed by atoms with Crippen LogP contribution in [0.4, 0.5) is 11.4 Å².